The Morgan fingerprint density at radius 3 is 2.90 bits per heavy atom. The molecule has 2 aromatic heterocycles. The number of nitrogens with zero attached hydrogens (tertiary/aromatic N) is 3. The second-order valence-corrected chi connectivity index (χ2v) is 4.11. The van der Waals surface area contributed by atoms with E-state index in [4.69, 9.17) is 4.74 Å². The van der Waals surface area contributed by atoms with E-state index in [1.807, 2.05) is 0 Å². The van der Waals surface area contributed by atoms with Gasteiger partial charge < -0.3 is 10.1 Å². The van der Waals surface area contributed by atoms with E-state index in [2.05, 4.69) is 15.4 Å². The van der Waals surface area contributed by atoms with Crippen molar-refractivity contribution in [2.24, 2.45) is 0 Å². The summed E-state index contributed by atoms with van der Waals surface area (Å²) in [5.41, 5.74) is -0.808. The van der Waals surface area contributed by atoms with E-state index in [-0.39, 0.29) is 36.9 Å². The van der Waals surface area contributed by atoms with Gasteiger partial charge in [0.2, 0.25) is 0 Å². The quantitative estimate of drug-likeness (QED) is 0.857. The molecule has 0 bridgehead atoms. The maximum atomic E-state index is 12.6. The number of anilines is 1. The number of carbonyl (C=O) groups excluding carboxylic acids is 1. The van der Waals surface area contributed by atoms with E-state index in [1.54, 1.807) is 6.92 Å². The highest BCUT2D eigenvalue weighted by molar-refractivity contribution is 5.71. The van der Waals surface area contributed by atoms with Gasteiger partial charge in [0.15, 0.2) is 11.5 Å². The number of hydrogen-bond donors (Lipinski definition) is 1. The molecule has 0 aliphatic carbocycles. The number of fused-ring (bicyclic) bond motifs is 1. The number of nitrogens with one attached hydrogen (secondary N) is 1. The molecule has 0 amide bonds. The first kappa shape index (κ1) is 15.1. The Labute approximate surface area is 117 Å². The highest BCUT2D eigenvalue weighted by Crippen LogP contribution is 2.29. The average molecular weight is 302 g/mol. The molecule has 0 fully saturated rings. The molecule has 0 spiro atoms. The monoisotopic (exact) mass is 302 g/mol. The van der Waals surface area contributed by atoms with Gasteiger partial charge >= 0.3 is 12.1 Å². The molecule has 0 aromatic carbocycles. The van der Waals surface area contributed by atoms with E-state index in [0.29, 0.717) is 0 Å². The molecule has 2 heterocycles. The van der Waals surface area contributed by atoms with Crippen LogP contribution < -0.4 is 5.32 Å². The van der Waals surface area contributed by atoms with Crippen molar-refractivity contribution >= 4 is 17.3 Å². The normalized spacial score (nSPS) is 11.6. The van der Waals surface area contributed by atoms with E-state index in [1.165, 1.54) is 12.4 Å². The lowest BCUT2D eigenvalue weighted by Crippen LogP contribution is -2.12. The zero-order valence-electron chi connectivity index (χ0n) is 11.1. The molecule has 2 aromatic rings. The first-order chi connectivity index (χ1) is 9.91. The lowest BCUT2D eigenvalue weighted by atomic mass is 10.3. The minimum absolute atomic E-state index is 0.0941. The van der Waals surface area contributed by atoms with Crippen molar-refractivity contribution in [2.45, 2.75) is 19.5 Å². The summed E-state index contributed by atoms with van der Waals surface area (Å²) in [5.74, 6) is -0.161. The van der Waals surface area contributed by atoms with E-state index < -0.39 is 11.9 Å². The lowest BCUT2D eigenvalue weighted by Gasteiger charge is -2.06. The van der Waals surface area contributed by atoms with Crippen LogP contribution >= 0.6 is 0 Å². The molecular weight excluding hydrogens is 289 g/mol. The van der Waals surface area contributed by atoms with Crippen LogP contribution in [0, 0.1) is 0 Å². The van der Waals surface area contributed by atoms with Gasteiger partial charge in [-0.15, -0.1) is 0 Å². The van der Waals surface area contributed by atoms with Gasteiger partial charge in [0.25, 0.3) is 0 Å². The van der Waals surface area contributed by atoms with Crippen LogP contribution in [-0.4, -0.2) is 33.7 Å². The van der Waals surface area contributed by atoms with Crippen LogP contribution in [0.4, 0.5) is 19.0 Å². The molecule has 0 aliphatic rings. The smallest absolute Gasteiger partial charge is 0.435 e. The first-order valence-corrected chi connectivity index (χ1v) is 6.23. The Kier molecular flexibility index (Phi) is 4.29. The van der Waals surface area contributed by atoms with Crippen LogP contribution in [0.2, 0.25) is 0 Å². The minimum Gasteiger partial charge on any atom is -0.466 e. The van der Waals surface area contributed by atoms with Crippen molar-refractivity contribution in [3.63, 3.8) is 0 Å². The third-order valence-electron chi connectivity index (χ3n) is 2.61. The number of alkyl halides is 3. The largest absolute Gasteiger partial charge is 0.466 e. The van der Waals surface area contributed by atoms with Gasteiger partial charge in [-0.05, 0) is 6.92 Å². The predicted octanol–water partition coefficient (Wildman–Crippen LogP) is 2.11. The van der Waals surface area contributed by atoms with Crippen LogP contribution in [0.5, 0.6) is 0 Å². The first-order valence-electron chi connectivity index (χ1n) is 6.23. The number of halogens is 3. The van der Waals surface area contributed by atoms with E-state index in [0.717, 1.165) is 10.6 Å². The molecule has 0 saturated carbocycles. The summed E-state index contributed by atoms with van der Waals surface area (Å²) in [6.07, 6.45) is -1.78. The van der Waals surface area contributed by atoms with Gasteiger partial charge in [-0.25, -0.2) is 9.50 Å². The Hall–Kier alpha value is -2.32. The fourth-order valence-corrected chi connectivity index (χ4v) is 1.71. The second-order valence-electron chi connectivity index (χ2n) is 4.11. The zero-order valence-corrected chi connectivity index (χ0v) is 11.1. The van der Waals surface area contributed by atoms with Crippen molar-refractivity contribution in [1.29, 1.82) is 0 Å². The van der Waals surface area contributed by atoms with Crippen LogP contribution in [0.25, 0.3) is 5.52 Å². The standard InChI is InChI=1S/C12H13F3N4O2/c1-2-21-10(20)3-4-16-11-8-7-9(12(13,14)15)18-19(8)6-5-17-11/h5-7H,2-4H2,1H3,(H,16,17). The van der Waals surface area contributed by atoms with Gasteiger partial charge in [0.1, 0.15) is 5.52 Å². The molecule has 114 valence electrons. The van der Waals surface area contributed by atoms with Gasteiger partial charge in [-0.2, -0.15) is 18.3 Å². The summed E-state index contributed by atoms with van der Waals surface area (Å²) in [6, 6.07) is 0.902. The molecule has 0 aliphatic heterocycles. The summed E-state index contributed by atoms with van der Waals surface area (Å²) in [6.45, 7) is 2.18. The van der Waals surface area contributed by atoms with E-state index >= 15 is 0 Å². The van der Waals surface area contributed by atoms with Gasteiger partial charge in [0.05, 0.1) is 13.0 Å². The maximum Gasteiger partial charge on any atom is 0.435 e. The fraction of sp³-hybridized carbons (Fsp3) is 0.417. The van der Waals surface area contributed by atoms with Crippen LogP contribution in [0.1, 0.15) is 19.0 Å². The fourth-order valence-electron chi connectivity index (χ4n) is 1.71. The summed E-state index contributed by atoms with van der Waals surface area (Å²) >= 11 is 0. The van der Waals surface area contributed by atoms with Crippen LogP contribution in [-0.2, 0) is 15.7 Å². The third-order valence-corrected chi connectivity index (χ3v) is 2.61. The van der Waals surface area contributed by atoms with Gasteiger partial charge in [-0.3, -0.25) is 4.79 Å². The number of rotatable bonds is 5. The number of ether oxygens (including phenoxy) is 1. The lowest BCUT2D eigenvalue weighted by molar-refractivity contribution is -0.143. The maximum absolute atomic E-state index is 12.6. The number of carbonyl (C=O) groups is 1. The van der Waals surface area contributed by atoms with Gasteiger partial charge in [-0.1, -0.05) is 0 Å². The summed E-state index contributed by atoms with van der Waals surface area (Å²) in [7, 11) is 0. The summed E-state index contributed by atoms with van der Waals surface area (Å²) < 4.78 is 43.7. The molecule has 0 atom stereocenters. The minimum atomic E-state index is -4.52. The third kappa shape index (κ3) is 3.61. The van der Waals surface area contributed by atoms with Crippen molar-refractivity contribution < 1.29 is 22.7 Å². The Bertz CT molecular complexity index is 639. The molecule has 0 unspecified atom stereocenters. The number of hydrogen-bond acceptors (Lipinski definition) is 5. The van der Waals surface area contributed by atoms with E-state index in [9.17, 15) is 18.0 Å². The summed E-state index contributed by atoms with van der Waals surface area (Å²) in [5, 5.41) is 6.24. The summed E-state index contributed by atoms with van der Waals surface area (Å²) in [4.78, 5) is 15.1. The molecule has 6 nitrogen and oxygen atoms in total. The van der Waals surface area contributed by atoms with Crippen LogP contribution in [0.3, 0.4) is 0 Å². The number of aromatic nitrogens is 3. The topological polar surface area (TPSA) is 68.5 Å². The predicted molar refractivity (Wildman–Crippen MR) is 67.7 cm³/mol. The highest BCUT2D eigenvalue weighted by atomic mass is 19.4. The Morgan fingerprint density at radius 1 is 1.48 bits per heavy atom. The average Bonchev–Trinajstić information content (AvgIpc) is 2.84. The van der Waals surface area contributed by atoms with Crippen LogP contribution in [0.15, 0.2) is 18.5 Å². The molecule has 1 N–H and O–H groups in total. The highest BCUT2D eigenvalue weighted by Gasteiger charge is 2.34. The van der Waals surface area contributed by atoms with Crippen molar-refractivity contribution in [3.05, 3.63) is 24.2 Å². The molecule has 2 rings (SSSR count). The second kappa shape index (κ2) is 5.98. The van der Waals surface area contributed by atoms with Crippen molar-refractivity contribution in [3.8, 4) is 0 Å². The molecule has 0 saturated heterocycles. The number of esters is 1. The molecule has 9 heteroatoms. The SMILES string of the molecule is CCOC(=O)CCNc1nccn2nc(C(F)(F)F)cc12. The van der Waals surface area contributed by atoms with Crippen molar-refractivity contribution in [1.82, 2.24) is 14.6 Å². The van der Waals surface area contributed by atoms with Gasteiger partial charge in [0, 0.05) is 25.0 Å². The Balaban J connectivity index is 2.13. The zero-order chi connectivity index (χ0) is 15.5. The molecular formula is C12H13F3N4O2. The molecule has 0 radical (unpaired) electrons. The Morgan fingerprint density at radius 2 is 2.24 bits per heavy atom. The van der Waals surface area contributed by atoms with Crippen molar-refractivity contribution in [2.75, 3.05) is 18.5 Å². The molecule has 21 heavy (non-hydrogen) atoms.